The quantitative estimate of drug-likeness (QED) is 0.934. The van der Waals surface area contributed by atoms with Crippen molar-refractivity contribution < 1.29 is 14.3 Å². The fourth-order valence-corrected chi connectivity index (χ4v) is 2.92. The molecule has 6 nitrogen and oxygen atoms in total. The number of nitrogens with zero attached hydrogens (tertiary/aromatic N) is 2. The summed E-state index contributed by atoms with van der Waals surface area (Å²) in [6.45, 7) is 2.84. The van der Waals surface area contributed by atoms with Crippen molar-refractivity contribution >= 4 is 23.4 Å². The summed E-state index contributed by atoms with van der Waals surface area (Å²) in [7, 11) is 1.29. The highest BCUT2D eigenvalue weighted by Gasteiger charge is 2.24. The lowest BCUT2D eigenvalue weighted by molar-refractivity contribution is 0.0748. The molecule has 0 aromatic heterocycles. The molecule has 2 aromatic carbocycles. The molecule has 3 rings (SSSR count). The zero-order chi connectivity index (χ0) is 17.6. The number of benzene rings is 2. The molecular weight excluding hydrogens is 318 g/mol. The molecule has 0 bridgehead atoms. The van der Waals surface area contributed by atoms with Crippen LogP contribution in [0.15, 0.2) is 54.6 Å². The number of hydrogen-bond donors (Lipinski definition) is 1. The van der Waals surface area contributed by atoms with Gasteiger partial charge in [-0.3, -0.25) is 10.1 Å². The average molecular weight is 339 g/mol. The van der Waals surface area contributed by atoms with Gasteiger partial charge in [0.2, 0.25) is 0 Å². The molecule has 0 radical (unpaired) electrons. The Morgan fingerprint density at radius 3 is 2.24 bits per heavy atom. The van der Waals surface area contributed by atoms with E-state index in [0.29, 0.717) is 24.3 Å². The maximum absolute atomic E-state index is 12.8. The van der Waals surface area contributed by atoms with E-state index < -0.39 is 6.09 Å². The van der Waals surface area contributed by atoms with Crippen LogP contribution in [0.4, 0.5) is 16.2 Å². The summed E-state index contributed by atoms with van der Waals surface area (Å²) in [5, 5.41) is 2.60. The van der Waals surface area contributed by atoms with E-state index in [9.17, 15) is 9.59 Å². The van der Waals surface area contributed by atoms with Crippen LogP contribution in [0.25, 0.3) is 0 Å². The van der Waals surface area contributed by atoms with Crippen molar-refractivity contribution in [3.63, 3.8) is 0 Å². The van der Waals surface area contributed by atoms with Crippen molar-refractivity contribution in [3.8, 4) is 0 Å². The predicted octanol–water partition coefficient (Wildman–Crippen LogP) is 2.83. The molecule has 1 saturated heterocycles. The number of rotatable bonds is 3. The molecule has 1 fully saturated rings. The van der Waals surface area contributed by atoms with Crippen molar-refractivity contribution in [2.24, 2.45) is 0 Å². The van der Waals surface area contributed by atoms with Crippen LogP contribution in [-0.2, 0) is 4.74 Å². The van der Waals surface area contributed by atoms with Gasteiger partial charge in [0.15, 0.2) is 0 Å². The Labute approximate surface area is 147 Å². The third kappa shape index (κ3) is 3.91. The first-order chi connectivity index (χ1) is 12.2. The summed E-state index contributed by atoms with van der Waals surface area (Å²) in [5.41, 5.74) is 2.10. The van der Waals surface area contributed by atoms with Gasteiger partial charge in [0.25, 0.3) is 5.91 Å². The molecule has 25 heavy (non-hydrogen) atoms. The number of carbonyl (C=O) groups excluding carboxylic acids is 2. The van der Waals surface area contributed by atoms with E-state index in [1.807, 2.05) is 23.1 Å². The second-order valence-corrected chi connectivity index (χ2v) is 5.78. The number of hydrogen-bond acceptors (Lipinski definition) is 4. The predicted molar refractivity (Wildman–Crippen MR) is 97.0 cm³/mol. The molecule has 0 aliphatic carbocycles. The van der Waals surface area contributed by atoms with Gasteiger partial charge in [0, 0.05) is 31.9 Å². The smallest absolute Gasteiger partial charge is 0.411 e. The van der Waals surface area contributed by atoms with E-state index in [0.717, 1.165) is 13.1 Å². The molecule has 0 unspecified atom stereocenters. The van der Waals surface area contributed by atoms with Gasteiger partial charge in [-0.2, -0.15) is 0 Å². The standard InChI is InChI=1S/C19H21N3O3/c1-25-19(24)20-17-10-6-5-9-16(17)18(23)22-13-11-21(12-14-22)15-7-3-2-4-8-15/h2-10H,11-14H2,1H3,(H,20,24). The monoisotopic (exact) mass is 339 g/mol. The minimum absolute atomic E-state index is 0.0836. The molecular formula is C19H21N3O3. The summed E-state index contributed by atoms with van der Waals surface area (Å²) in [6.07, 6.45) is -0.589. The van der Waals surface area contributed by atoms with Gasteiger partial charge in [0.05, 0.1) is 18.4 Å². The van der Waals surface area contributed by atoms with Crippen LogP contribution in [-0.4, -0.2) is 50.2 Å². The highest BCUT2D eigenvalue weighted by atomic mass is 16.5. The van der Waals surface area contributed by atoms with Crippen LogP contribution in [0, 0.1) is 0 Å². The lowest BCUT2D eigenvalue weighted by Crippen LogP contribution is -2.48. The molecule has 1 aliphatic rings. The van der Waals surface area contributed by atoms with Gasteiger partial charge in [-0.1, -0.05) is 30.3 Å². The van der Waals surface area contributed by atoms with Crippen LogP contribution in [0.2, 0.25) is 0 Å². The maximum Gasteiger partial charge on any atom is 0.411 e. The molecule has 1 aliphatic heterocycles. The highest BCUT2D eigenvalue weighted by Crippen LogP contribution is 2.20. The molecule has 6 heteroatoms. The number of ether oxygens (including phenoxy) is 1. The Hall–Kier alpha value is -3.02. The van der Waals surface area contributed by atoms with E-state index >= 15 is 0 Å². The third-order valence-corrected chi connectivity index (χ3v) is 4.27. The average Bonchev–Trinajstić information content (AvgIpc) is 2.68. The summed E-state index contributed by atoms with van der Waals surface area (Å²) >= 11 is 0. The van der Waals surface area contributed by atoms with E-state index in [4.69, 9.17) is 0 Å². The van der Waals surface area contributed by atoms with Crippen LogP contribution in [0.3, 0.4) is 0 Å². The van der Waals surface area contributed by atoms with Crippen molar-refractivity contribution in [2.45, 2.75) is 0 Å². The number of para-hydroxylation sites is 2. The third-order valence-electron chi connectivity index (χ3n) is 4.27. The van der Waals surface area contributed by atoms with E-state index in [1.165, 1.54) is 12.8 Å². The first-order valence-corrected chi connectivity index (χ1v) is 8.22. The largest absolute Gasteiger partial charge is 0.453 e. The summed E-state index contributed by atoms with van der Waals surface area (Å²) in [4.78, 5) is 28.4. The van der Waals surface area contributed by atoms with Crippen molar-refractivity contribution in [1.29, 1.82) is 0 Å². The SMILES string of the molecule is COC(=O)Nc1ccccc1C(=O)N1CCN(c2ccccc2)CC1. The summed E-state index contributed by atoms with van der Waals surface area (Å²) in [6, 6.07) is 17.2. The fourth-order valence-electron chi connectivity index (χ4n) is 2.92. The molecule has 2 aromatic rings. The normalized spacial score (nSPS) is 14.1. The summed E-state index contributed by atoms with van der Waals surface area (Å²) in [5.74, 6) is -0.0836. The van der Waals surface area contributed by atoms with Crippen LogP contribution in [0.5, 0.6) is 0 Å². The van der Waals surface area contributed by atoms with E-state index in [-0.39, 0.29) is 5.91 Å². The first kappa shape index (κ1) is 16.8. The lowest BCUT2D eigenvalue weighted by Gasteiger charge is -2.36. The van der Waals surface area contributed by atoms with Gasteiger partial charge < -0.3 is 14.5 Å². The van der Waals surface area contributed by atoms with Crippen LogP contribution < -0.4 is 10.2 Å². The van der Waals surface area contributed by atoms with Crippen molar-refractivity contribution in [1.82, 2.24) is 4.90 Å². The van der Waals surface area contributed by atoms with Gasteiger partial charge in [-0.15, -0.1) is 0 Å². The molecule has 1 N–H and O–H groups in total. The zero-order valence-electron chi connectivity index (χ0n) is 14.1. The number of nitrogens with one attached hydrogen (secondary N) is 1. The Morgan fingerprint density at radius 2 is 1.56 bits per heavy atom. The molecule has 2 amide bonds. The number of methoxy groups -OCH3 is 1. The van der Waals surface area contributed by atoms with E-state index in [2.05, 4.69) is 27.1 Å². The number of carbonyl (C=O) groups is 2. The highest BCUT2D eigenvalue weighted by molar-refractivity contribution is 6.02. The van der Waals surface area contributed by atoms with Crippen LogP contribution >= 0.6 is 0 Å². The Morgan fingerprint density at radius 1 is 0.920 bits per heavy atom. The van der Waals surface area contributed by atoms with Gasteiger partial charge in [-0.05, 0) is 24.3 Å². The maximum atomic E-state index is 12.8. The first-order valence-electron chi connectivity index (χ1n) is 8.22. The molecule has 0 atom stereocenters. The minimum Gasteiger partial charge on any atom is -0.453 e. The topological polar surface area (TPSA) is 61.9 Å². The van der Waals surface area contributed by atoms with Gasteiger partial charge >= 0.3 is 6.09 Å². The second-order valence-electron chi connectivity index (χ2n) is 5.78. The zero-order valence-corrected chi connectivity index (χ0v) is 14.1. The van der Waals surface area contributed by atoms with E-state index in [1.54, 1.807) is 24.3 Å². The summed E-state index contributed by atoms with van der Waals surface area (Å²) < 4.78 is 4.62. The van der Waals surface area contributed by atoms with Gasteiger partial charge in [-0.25, -0.2) is 4.79 Å². The lowest BCUT2D eigenvalue weighted by atomic mass is 10.1. The Balaban J connectivity index is 1.68. The number of amides is 2. The minimum atomic E-state index is -0.589. The second kappa shape index (κ2) is 7.70. The Bertz CT molecular complexity index is 741. The molecule has 0 spiro atoms. The molecule has 130 valence electrons. The molecule has 1 heterocycles. The number of anilines is 2. The fraction of sp³-hybridized carbons (Fsp3) is 0.263. The van der Waals surface area contributed by atoms with Crippen molar-refractivity contribution in [2.75, 3.05) is 43.5 Å². The van der Waals surface area contributed by atoms with Gasteiger partial charge in [0.1, 0.15) is 0 Å². The van der Waals surface area contributed by atoms with Crippen LogP contribution in [0.1, 0.15) is 10.4 Å². The number of piperazine rings is 1. The molecule has 0 saturated carbocycles. The Kier molecular flexibility index (Phi) is 5.18. The van der Waals surface area contributed by atoms with Crippen molar-refractivity contribution in [3.05, 3.63) is 60.2 Å².